The lowest BCUT2D eigenvalue weighted by atomic mass is 9.97. The molecule has 0 saturated carbocycles. The van der Waals surface area contributed by atoms with Gasteiger partial charge in [0, 0.05) is 54.7 Å². The first-order chi connectivity index (χ1) is 17.9. The molecule has 198 valence electrons. The SMILES string of the molecule is COc1cc2c(cc1-c1nn(C)cc1Cl)-c1c(c(C(=O)N(C)C(C)(C)C)nn1-c1cc(F)cc(F)c1)CO2. The zero-order valence-corrected chi connectivity index (χ0v) is 22.5. The average Bonchev–Trinajstić information content (AvgIpc) is 3.40. The summed E-state index contributed by atoms with van der Waals surface area (Å²) in [4.78, 5) is 15.2. The van der Waals surface area contributed by atoms with Crippen molar-refractivity contribution in [1.29, 1.82) is 0 Å². The number of benzene rings is 2. The summed E-state index contributed by atoms with van der Waals surface area (Å²) in [7, 11) is 4.95. The van der Waals surface area contributed by atoms with Crippen LogP contribution in [0.1, 0.15) is 36.8 Å². The molecule has 1 aliphatic heterocycles. The first-order valence-electron chi connectivity index (χ1n) is 11.8. The van der Waals surface area contributed by atoms with E-state index >= 15 is 0 Å². The summed E-state index contributed by atoms with van der Waals surface area (Å²) in [5.74, 6) is -0.970. The Balaban J connectivity index is 1.80. The third-order valence-corrected chi connectivity index (χ3v) is 6.83. The fraction of sp³-hybridized carbons (Fsp3) is 0.296. The highest BCUT2D eigenvalue weighted by Gasteiger charge is 2.35. The Kier molecular flexibility index (Phi) is 6.18. The van der Waals surface area contributed by atoms with Crippen molar-refractivity contribution in [2.24, 2.45) is 7.05 Å². The van der Waals surface area contributed by atoms with Crippen molar-refractivity contribution in [2.45, 2.75) is 32.9 Å². The Labute approximate surface area is 223 Å². The van der Waals surface area contributed by atoms with E-state index in [9.17, 15) is 13.6 Å². The lowest BCUT2D eigenvalue weighted by molar-refractivity contribution is 0.0646. The van der Waals surface area contributed by atoms with Gasteiger partial charge < -0.3 is 14.4 Å². The maximum Gasteiger partial charge on any atom is 0.274 e. The first-order valence-corrected chi connectivity index (χ1v) is 12.2. The van der Waals surface area contributed by atoms with Crippen molar-refractivity contribution >= 4 is 17.5 Å². The fourth-order valence-electron chi connectivity index (χ4n) is 4.36. The highest BCUT2D eigenvalue weighted by atomic mass is 35.5. The van der Waals surface area contributed by atoms with E-state index in [1.54, 1.807) is 42.0 Å². The first kappa shape index (κ1) is 25.7. The predicted molar refractivity (Wildman–Crippen MR) is 139 cm³/mol. The van der Waals surface area contributed by atoms with E-state index in [2.05, 4.69) is 10.2 Å². The Hall–Kier alpha value is -3.92. The Morgan fingerprint density at radius 2 is 1.79 bits per heavy atom. The van der Waals surface area contributed by atoms with Crippen LogP contribution in [0.4, 0.5) is 8.78 Å². The Morgan fingerprint density at radius 1 is 1.11 bits per heavy atom. The van der Waals surface area contributed by atoms with E-state index < -0.39 is 17.2 Å². The van der Waals surface area contributed by atoms with Crippen LogP contribution in [0.25, 0.3) is 28.2 Å². The van der Waals surface area contributed by atoms with E-state index in [-0.39, 0.29) is 23.9 Å². The number of aryl methyl sites for hydroxylation is 1. The monoisotopic (exact) mass is 541 g/mol. The summed E-state index contributed by atoms with van der Waals surface area (Å²) in [6.07, 6.45) is 1.66. The van der Waals surface area contributed by atoms with Crippen molar-refractivity contribution in [2.75, 3.05) is 14.2 Å². The minimum atomic E-state index is -0.771. The van der Waals surface area contributed by atoms with E-state index in [0.717, 1.165) is 18.2 Å². The average molecular weight is 542 g/mol. The third-order valence-electron chi connectivity index (χ3n) is 6.56. The smallest absolute Gasteiger partial charge is 0.274 e. The van der Waals surface area contributed by atoms with Gasteiger partial charge in [-0.25, -0.2) is 13.5 Å². The van der Waals surface area contributed by atoms with Gasteiger partial charge in [0.05, 0.1) is 23.5 Å². The second-order valence-electron chi connectivity index (χ2n) is 10.1. The minimum absolute atomic E-state index is 0.0199. The van der Waals surface area contributed by atoms with Gasteiger partial charge in [0.1, 0.15) is 35.4 Å². The van der Waals surface area contributed by atoms with Gasteiger partial charge in [-0.05, 0) is 39.0 Å². The molecule has 1 amide bonds. The van der Waals surface area contributed by atoms with Crippen LogP contribution in [0, 0.1) is 11.6 Å². The number of hydrogen-bond acceptors (Lipinski definition) is 5. The topological polar surface area (TPSA) is 74.4 Å². The van der Waals surface area contributed by atoms with Crippen LogP contribution in [0.15, 0.2) is 36.5 Å². The summed E-state index contributed by atoms with van der Waals surface area (Å²) in [5, 5.41) is 9.45. The van der Waals surface area contributed by atoms with Crippen LogP contribution >= 0.6 is 11.6 Å². The summed E-state index contributed by atoms with van der Waals surface area (Å²) in [5.41, 5.74) is 2.31. The molecule has 0 spiro atoms. The lowest BCUT2D eigenvalue weighted by Gasteiger charge is -2.31. The number of ether oxygens (including phenoxy) is 2. The molecule has 0 fully saturated rings. The zero-order chi connectivity index (χ0) is 27.5. The summed E-state index contributed by atoms with van der Waals surface area (Å²) in [6.45, 7) is 5.72. The van der Waals surface area contributed by atoms with Gasteiger partial charge in [-0.3, -0.25) is 9.48 Å². The van der Waals surface area contributed by atoms with Gasteiger partial charge in [0.2, 0.25) is 0 Å². The fourth-order valence-corrected chi connectivity index (χ4v) is 4.64. The standard InChI is InChI=1S/C27H26ClF2N5O3/c1-27(2,3)34(5)26(36)24-19-13-38-22-11-21(37-6)17(23-20(28)12-33(4)31-23)10-18(22)25(19)35(32-24)16-8-14(29)7-15(30)9-16/h7-12H,13H2,1-6H3. The van der Waals surface area contributed by atoms with Gasteiger partial charge in [0.25, 0.3) is 5.91 Å². The molecule has 8 nitrogen and oxygen atoms in total. The van der Waals surface area contributed by atoms with Gasteiger partial charge >= 0.3 is 0 Å². The Bertz CT molecular complexity index is 1570. The highest BCUT2D eigenvalue weighted by Crippen LogP contribution is 2.47. The van der Waals surface area contributed by atoms with Gasteiger partial charge in [-0.2, -0.15) is 10.2 Å². The van der Waals surface area contributed by atoms with Gasteiger partial charge in [0.15, 0.2) is 5.69 Å². The molecule has 0 radical (unpaired) electrons. The molecule has 4 aromatic rings. The molecule has 5 rings (SSSR count). The second-order valence-corrected chi connectivity index (χ2v) is 10.5. The lowest BCUT2D eigenvalue weighted by Crippen LogP contribution is -2.43. The third kappa shape index (κ3) is 4.28. The van der Waals surface area contributed by atoms with E-state index in [1.165, 1.54) is 11.8 Å². The number of amides is 1. The van der Waals surface area contributed by atoms with Crippen molar-refractivity contribution in [1.82, 2.24) is 24.5 Å². The van der Waals surface area contributed by atoms with Crippen LogP contribution in [0.5, 0.6) is 11.5 Å². The molecule has 11 heteroatoms. The minimum Gasteiger partial charge on any atom is -0.496 e. The number of carbonyl (C=O) groups is 1. The molecule has 0 saturated heterocycles. The molecule has 1 aliphatic rings. The number of aromatic nitrogens is 4. The molecule has 3 heterocycles. The quantitative estimate of drug-likeness (QED) is 0.334. The molecule has 0 N–H and O–H groups in total. The van der Waals surface area contributed by atoms with Crippen LogP contribution in [-0.4, -0.2) is 50.1 Å². The van der Waals surface area contributed by atoms with Crippen LogP contribution < -0.4 is 9.47 Å². The van der Waals surface area contributed by atoms with Crippen LogP contribution in [0.2, 0.25) is 5.02 Å². The maximum absolute atomic E-state index is 14.3. The van der Waals surface area contributed by atoms with Crippen molar-refractivity contribution in [3.63, 3.8) is 0 Å². The van der Waals surface area contributed by atoms with E-state index in [0.29, 0.717) is 44.6 Å². The number of fused-ring (bicyclic) bond motifs is 3. The summed E-state index contributed by atoms with van der Waals surface area (Å²) < 4.78 is 43.2. The molecule has 0 bridgehead atoms. The highest BCUT2D eigenvalue weighted by molar-refractivity contribution is 6.33. The molecular formula is C27H26ClF2N5O3. The summed E-state index contributed by atoms with van der Waals surface area (Å²) in [6, 6.07) is 6.57. The summed E-state index contributed by atoms with van der Waals surface area (Å²) >= 11 is 6.46. The maximum atomic E-state index is 14.3. The van der Waals surface area contributed by atoms with Gasteiger partial charge in [-0.1, -0.05) is 11.6 Å². The normalized spacial score (nSPS) is 12.6. The zero-order valence-electron chi connectivity index (χ0n) is 21.8. The molecule has 0 aliphatic carbocycles. The largest absolute Gasteiger partial charge is 0.496 e. The van der Waals surface area contributed by atoms with Crippen molar-refractivity contribution in [3.8, 4) is 39.7 Å². The number of nitrogens with zero attached hydrogens (tertiary/aromatic N) is 5. The molecule has 38 heavy (non-hydrogen) atoms. The number of hydrogen-bond donors (Lipinski definition) is 0. The second kappa shape index (κ2) is 9.13. The molecule has 0 unspecified atom stereocenters. The van der Waals surface area contributed by atoms with E-state index in [4.69, 9.17) is 21.1 Å². The Morgan fingerprint density at radius 3 is 2.37 bits per heavy atom. The number of rotatable bonds is 4. The van der Waals surface area contributed by atoms with Crippen molar-refractivity contribution in [3.05, 3.63) is 64.4 Å². The molecule has 2 aromatic heterocycles. The van der Waals surface area contributed by atoms with E-state index in [1.807, 2.05) is 20.8 Å². The van der Waals surface area contributed by atoms with Gasteiger partial charge in [-0.15, -0.1) is 0 Å². The number of carbonyl (C=O) groups excluding carboxylic acids is 1. The molecular weight excluding hydrogens is 516 g/mol. The van der Waals surface area contributed by atoms with Crippen molar-refractivity contribution < 1.29 is 23.0 Å². The number of methoxy groups -OCH3 is 1. The molecule has 0 atom stereocenters. The van der Waals surface area contributed by atoms with Crippen LogP contribution in [0.3, 0.4) is 0 Å². The molecule has 2 aromatic carbocycles. The number of halogens is 3. The van der Waals surface area contributed by atoms with Crippen LogP contribution in [-0.2, 0) is 13.7 Å². The predicted octanol–water partition coefficient (Wildman–Crippen LogP) is 5.64.